The molecule has 1 atom stereocenters. The summed E-state index contributed by atoms with van der Waals surface area (Å²) in [6, 6.07) is 6.15. The predicted octanol–water partition coefficient (Wildman–Crippen LogP) is 4.25. The van der Waals surface area contributed by atoms with Gasteiger partial charge in [0.2, 0.25) is 0 Å². The minimum absolute atomic E-state index is 0.164. The molecule has 1 heterocycles. The average molecular weight is 300 g/mol. The molecule has 2 rings (SSSR count). The number of benzene rings is 1. The largest absolute Gasteiger partial charge is 0.496 e. The van der Waals surface area contributed by atoms with Crippen molar-refractivity contribution >= 4 is 22.9 Å². The molecule has 0 spiro atoms. The van der Waals surface area contributed by atoms with Crippen molar-refractivity contribution in [2.45, 2.75) is 13.0 Å². The van der Waals surface area contributed by atoms with Crippen LogP contribution in [0.1, 0.15) is 23.4 Å². The predicted molar refractivity (Wildman–Crippen MR) is 77.8 cm³/mol. The first kappa shape index (κ1) is 14.3. The Labute approximate surface area is 121 Å². The fourth-order valence-corrected chi connectivity index (χ4v) is 3.15. The SMILES string of the molecule is CCNC(c1cc(F)ccc1Cl)c1sccc1OC. The van der Waals surface area contributed by atoms with Crippen LogP contribution in [-0.4, -0.2) is 13.7 Å². The van der Waals surface area contributed by atoms with Crippen molar-refractivity contribution in [3.63, 3.8) is 0 Å². The summed E-state index contributed by atoms with van der Waals surface area (Å²) < 4.78 is 18.8. The van der Waals surface area contributed by atoms with Crippen LogP contribution >= 0.6 is 22.9 Å². The van der Waals surface area contributed by atoms with Crippen LogP contribution in [0.25, 0.3) is 0 Å². The maximum absolute atomic E-state index is 13.5. The molecule has 1 aromatic carbocycles. The Hall–Kier alpha value is -1.10. The van der Waals surface area contributed by atoms with E-state index in [-0.39, 0.29) is 11.9 Å². The summed E-state index contributed by atoms with van der Waals surface area (Å²) in [5.41, 5.74) is 0.726. The smallest absolute Gasteiger partial charge is 0.134 e. The zero-order valence-electron chi connectivity index (χ0n) is 10.7. The Balaban J connectivity index is 2.48. The zero-order chi connectivity index (χ0) is 13.8. The summed E-state index contributed by atoms with van der Waals surface area (Å²) in [4.78, 5) is 0.997. The lowest BCUT2D eigenvalue weighted by Crippen LogP contribution is -2.22. The molecule has 0 aliphatic rings. The van der Waals surface area contributed by atoms with E-state index in [4.69, 9.17) is 16.3 Å². The van der Waals surface area contributed by atoms with Crippen LogP contribution in [0.2, 0.25) is 5.02 Å². The maximum atomic E-state index is 13.5. The number of thiophene rings is 1. The van der Waals surface area contributed by atoms with E-state index in [2.05, 4.69) is 5.32 Å². The van der Waals surface area contributed by atoms with Gasteiger partial charge >= 0.3 is 0 Å². The molecular formula is C14H15ClFNOS. The third-order valence-electron chi connectivity index (χ3n) is 2.82. The highest BCUT2D eigenvalue weighted by Gasteiger charge is 2.21. The third-order valence-corrected chi connectivity index (χ3v) is 4.12. The van der Waals surface area contributed by atoms with Crippen LogP contribution in [0, 0.1) is 5.82 Å². The first-order valence-corrected chi connectivity index (χ1v) is 7.22. The first-order valence-electron chi connectivity index (χ1n) is 5.97. The molecule has 2 aromatic rings. The van der Waals surface area contributed by atoms with Gasteiger partial charge in [-0.2, -0.15) is 0 Å². The van der Waals surface area contributed by atoms with Gasteiger partial charge in [-0.3, -0.25) is 0 Å². The molecule has 1 aromatic heterocycles. The molecule has 102 valence electrons. The van der Waals surface area contributed by atoms with E-state index in [1.165, 1.54) is 12.1 Å². The maximum Gasteiger partial charge on any atom is 0.134 e. The van der Waals surface area contributed by atoms with E-state index in [0.717, 1.165) is 22.7 Å². The Morgan fingerprint density at radius 3 is 2.89 bits per heavy atom. The standard InChI is InChI=1S/C14H15ClFNOS/c1-3-17-13(14-12(18-2)6-7-19-14)10-8-9(16)4-5-11(10)15/h4-8,13,17H,3H2,1-2H3. The Kier molecular flexibility index (Phi) is 4.80. The first-order chi connectivity index (χ1) is 9.17. The Bertz CT molecular complexity index is 558. The van der Waals surface area contributed by atoms with Crippen molar-refractivity contribution in [2.75, 3.05) is 13.7 Å². The van der Waals surface area contributed by atoms with E-state index in [9.17, 15) is 4.39 Å². The van der Waals surface area contributed by atoms with E-state index in [0.29, 0.717) is 5.02 Å². The van der Waals surface area contributed by atoms with Crippen LogP contribution in [0.5, 0.6) is 5.75 Å². The summed E-state index contributed by atoms with van der Waals surface area (Å²) in [7, 11) is 1.63. The number of methoxy groups -OCH3 is 1. The highest BCUT2D eigenvalue weighted by Crippen LogP contribution is 2.37. The monoisotopic (exact) mass is 299 g/mol. The second-order valence-electron chi connectivity index (χ2n) is 4.01. The fourth-order valence-electron chi connectivity index (χ4n) is 1.97. The minimum Gasteiger partial charge on any atom is -0.496 e. The fraction of sp³-hybridized carbons (Fsp3) is 0.286. The minimum atomic E-state index is -0.294. The van der Waals surface area contributed by atoms with Gasteiger partial charge in [0, 0.05) is 5.02 Å². The molecular weight excluding hydrogens is 285 g/mol. The summed E-state index contributed by atoms with van der Waals surface area (Å²) in [6.07, 6.45) is 0. The lowest BCUT2D eigenvalue weighted by molar-refractivity contribution is 0.407. The van der Waals surface area contributed by atoms with Gasteiger partial charge < -0.3 is 10.1 Å². The van der Waals surface area contributed by atoms with Gasteiger partial charge in [0.05, 0.1) is 18.0 Å². The number of hydrogen-bond donors (Lipinski definition) is 1. The summed E-state index contributed by atoms with van der Waals surface area (Å²) >= 11 is 7.76. The van der Waals surface area contributed by atoms with Crippen molar-refractivity contribution in [3.8, 4) is 5.75 Å². The van der Waals surface area contributed by atoms with Gasteiger partial charge in [-0.15, -0.1) is 11.3 Å². The second kappa shape index (κ2) is 6.37. The number of hydrogen-bond acceptors (Lipinski definition) is 3. The number of ether oxygens (including phenoxy) is 1. The Morgan fingerprint density at radius 1 is 1.42 bits per heavy atom. The van der Waals surface area contributed by atoms with Crippen molar-refractivity contribution in [1.82, 2.24) is 5.32 Å². The molecule has 0 aliphatic heterocycles. The number of nitrogens with one attached hydrogen (secondary N) is 1. The van der Waals surface area contributed by atoms with Gasteiger partial charge in [-0.05, 0) is 41.8 Å². The number of rotatable bonds is 5. The second-order valence-corrected chi connectivity index (χ2v) is 5.36. The molecule has 0 fully saturated rings. The lowest BCUT2D eigenvalue weighted by Gasteiger charge is -2.19. The molecule has 5 heteroatoms. The quantitative estimate of drug-likeness (QED) is 0.891. The molecule has 0 amide bonds. The van der Waals surface area contributed by atoms with Crippen LogP contribution in [0.15, 0.2) is 29.6 Å². The average Bonchev–Trinajstić information content (AvgIpc) is 2.87. The molecule has 0 saturated carbocycles. The van der Waals surface area contributed by atoms with Gasteiger partial charge in [-0.25, -0.2) is 4.39 Å². The lowest BCUT2D eigenvalue weighted by atomic mass is 10.0. The molecule has 1 N–H and O–H groups in total. The topological polar surface area (TPSA) is 21.3 Å². The summed E-state index contributed by atoms with van der Waals surface area (Å²) in [5.74, 6) is 0.495. The Morgan fingerprint density at radius 2 is 2.21 bits per heavy atom. The molecule has 0 bridgehead atoms. The van der Waals surface area contributed by atoms with Gasteiger partial charge in [0.25, 0.3) is 0 Å². The summed E-state index contributed by atoms with van der Waals surface area (Å²) in [5, 5.41) is 5.82. The van der Waals surface area contributed by atoms with E-state index in [1.54, 1.807) is 24.5 Å². The van der Waals surface area contributed by atoms with Crippen LogP contribution in [0.3, 0.4) is 0 Å². The molecule has 0 aliphatic carbocycles. The molecule has 2 nitrogen and oxygen atoms in total. The van der Waals surface area contributed by atoms with Gasteiger partial charge in [-0.1, -0.05) is 18.5 Å². The van der Waals surface area contributed by atoms with Crippen molar-refractivity contribution in [2.24, 2.45) is 0 Å². The number of halogens is 2. The van der Waals surface area contributed by atoms with Crippen molar-refractivity contribution in [1.29, 1.82) is 0 Å². The molecule has 19 heavy (non-hydrogen) atoms. The molecule has 0 saturated heterocycles. The van der Waals surface area contributed by atoms with Gasteiger partial charge in [0.15, 0.2) is 0 Å². The highest BCUT2D eigenvalue weighted by atomic mass is 35.5. The van der Waals surface area contributed by atoms with E-state index in [1.807, 2.05) is 18.4 Å². The van der Waals surface area contributed by atoms with Crippen molar-refractivity contribution in [3.05, 3.63) is 50.9 Å². The van der Waals surface area contributed by atoms with Crippen LogP contribution < -0.4 is 10.1 Å². The van der Waals surface area contributed by atoms with Crippen molar-refractivity contribution < 1.29 is 9.13 Å². The third kappa shape index (κ3) is 3.08. The highest BCUT2D eigenvalue weighted by molar-refractivity contribution is 7.10. The van der Waals surface area contributed by atoms with Crippen LogP contribution in [-0.2, 0) is 0 Å². The molecule has 0 radical (unpaired) electrons. The normalized spacial score (nSPS) is 12.4. The summed E-state index contributed by atoms with van der Waals surface area (Å²) in [6.45, 7) is 2.75. The van der Waals surface area contributed by atoms with Crippen LogP contribution in [0.4, 0.5) is 4.39 Å². The zero-order valence-corrected chi connectivity index (χ0v) is 12.3. The van der Waals surface area contributed by atoms with E-state index < -0.39 is 0 Å². The molecule has 1 unspecified atom stereocenters. The van der Waals surface area contributed by atoms with Gasteiger partial charge in [0.1, 0.15) is 11.6 Å². The van der Waals surface area contributed by atoms with E-state index >= 15 is 0 Å².